The number of hydrogen-bond donors (Lipinski definition) is 0. The lowest BCUT2D eigenvalue weighted by atomic mass is 11.8. The molecular formula is C2H2Cl6P+. The van der Waals surface area contributed by atoms with Crippen molar-refractivity contribution < 1.29 is 2.74 Å². The van der Waals surface area contributed by atoms with Crippen molar-refractivity contribution in [2.75, 3.05) is 0 Å². The van der Waals surface area contributed by atoms with Crippen LogP contribution < -0.4 is 0 Å². The van der Waals surface area contributed by atoms with E-state index in [0.717, 1.165) is 0 Å². The quantitative estimate of drug-likeness (QED) is 0.498. The van der Waals surface area contributed by atoms with Gasteiger partial charge in [-0.05, 0) is 0 Å². The SMILES string of the molecule is [2H]C(Cl)(Cl)[P+](Cl)(Cl)C([2H])(Cl)Cl. The van der Waals surface area contributed by atoms with Crippen molar-refractivity contribution in [1.82, 2.24) is 0 Å². The fraction of sp³-hybridized carbons (Fsp3) is 1.00. The van der Waals surface area contributed by atoms with Crippen molar-refractivity contribution in [1.29, 1.82) is 0 Å². The van der Waals surface area contributed by atoms with Crippen molar-refractivity contribution in [2.45, 2.75) is 9.11 Å². The smallest absolute Gasteiger partial charge is 0.0578 e. The minimum Gasteiger partial charge on any atom is -0.0578 e. The summed E-state index contributed by atoms with van der Waals surface area (Å²) in [5.41, 5.74) is 0. The first-order valence-electron chi connectivity index (χ1n) is 2.54. The maximum absolute atomic E-state index is 7.02. The molecule has 0 aromatic heterocycles. The first-order chi connectivity index (χ1) is 4.50. The largest absolute Gasteiger partial charge is 0.277 e. The third-order valence-corrected chi connectivity index (χ3v) is 8.42. The second-order valence-electron chi connectivity index (χ2n) is 0.995. The summed E-state index contributed by atoms with van der Waals surface area (Å²) >= 11 is 31.9. The molecule has 0 unspecified atom stereocenters. The molecule has 0 N–H and O–H groups in total. The highest BCUT2D eigenvalue weighted by molar-refractivity contribution is 8.21. The van der Waals surface area contributed by atoms with E-state index in [1.54, 1.807) is 0 Å². The molecule has 56 valence electrons. The third-order valence-electron chi connectivity index (χ3n) is 0.425. The fourth-order valence-corrected chi connectivity index (χ4v) is 1.72. The molecule has 0 saturated carbocycles. The predicted molar refractivity (Wildman–Crippen MR) is 49.6 cm³/mol. The van der Waals surface area contributed by atoms with Gasteiger partial charge in [0.15, 0.2) is 0 Å². The maximum Gasteiger partial charge on any atom is 0.277 e. The Morgan fingerprint density at radius 3 is 1.22 bits per heavy atom. The van der Waals surface area contributed by atoms with Crippen LogP contribution in [0.25, 0.3) is 0 Å². The van der Waals surface area contributed by atoms with Gasteiger partial charge in [-0.2, -0.15) is 0 Å². The molecule has 9 heavy (non-hydrogen) atoms. The summed E-state index contributed by atoms with van der Waals surface area (Å²) in [6.45, 7) is 0. The summed E-state index contributed by atoms with van der Waals surface area (Å²) in [4.78, 5) is 0. The second-order valence-corrected chi connectivity index (χ2v) is 9.43. The minimum absolute atomic E-state index is 2.23. The van der Waals surface area contributed by atoms with Crippen molar-refractivity contribution in [3.63, 3.8) is 0 Å². The van der Waals surface area contributed by atoms with Gasteiger partial charge in [-0.1, -0.05) is 46.4 Å². The van der Waals surface area contributed by atoms with E-state index in [0.29, 0.717) is 0 Å². The van der Waals surface area contributed by atoms with E-state index in [4.69, 9.17) is 71.6 Å². The standard InChI is InChI=1S/C2H2Cl6P/c3-1(4)9(7,8)2(5)6/h1-2H/q+1/i1D,2D. The Hall–Kier alpha value is 2.17. The van der Waals surface area contributed by atoms with Crippen LogP contribution >= 0.6 is 74.9 Å². The average molecular weight is 272 g/mol. The highest BCUT2D eigenvalue weighted by Crippen LogP contribution is 2.79. The Morgan fingerprint density at radius 2 is 1.22 bits per heavy atom. The van der Waals surface area contributed by atoms with Crippen molar-refractivity contribution in [3.05, 3.63) is 0 Å². The van der Waals surface area contributed by atoms with Crippen LogP contribution in [0.3, 0.4) is 0 Å². The monoisotopic (exact) mass is 269 g/mol. The van der Waals surface area contributed by atoms with E-state index < -0.39 is 15.1 Å². The minimum atomic E-state index is -3.47. The normalized spacial score (nSPS) is 18.9. The van der Waals surface area contributed by atoms with E-state index >= 15 is 0 Å². The molecule has 0 aliphatic rings. The van der Waals surface area contributed by atoms with Crippen LogP contribution in [-0.2, 0) is 0 Å². The van der Waals surface area contributed by atoms with Crippen LogP contribution in [0, 0.1) is 0 Å². The molecule has 0 rings (SSSR count). The number of halogens is 6. The van der Waals surface area contributed by atoms with E-state index in [1.807, 2.05) is 0 Å². The van der Waals surface area contributed by atoms with Crippen LogP contribution in [0.15, 0.2) is 0 Å². The predicted octanol–water partition coefficient (Wildman–Crippen LogP) is 4.83. The number of alkyl halides is 4. The summed E-state index contributed by atoms with van der Waals surface area (Å²) in [7, 11) is 0. The molecule has 0 atom stereocenters. The molecule has 0 saturated heterocycles. The summed E-state index contributed by atoms with van der Waals surface area (Å²) in [5, 5.41) is 0. The van der Waals surface area contributed by atoms with Gasteiger partial charge in [0.1, 0.15) is 25.2 Å². The molecule has 0 fully saturated rings. The molecular weight excluding hydrogens is 268 g/mol. The summed E-state index contributed by atoms with van der Waals surface area (Å²) in [6, 6.07) is 0. The van der Waals surface area contributed by atoms with E-state index in [9.17, 15) is 0 Å². The van der Waals surface area contributed by atoms with Gasteiger partial charge >= 0.3 is 0 Å². The average Bonchev–Trinajstić information content (AvgIpc) is 1.58. The summed E-state index contributed by atoms with van der Waals surface area (Å²) in [5.74, 6) is -3.47. The second kappa shape index (κ2) is 4.26. The van der Waals surface area contributed by atoms with Gasteiger partial charge in [0.05, 0.1) is 0 Å². The van der Waals surface area contributed by atoms with E-state index in [-0.39, 0.29) is 0 Å². The topological polar surface area (TPSA) is 0 Å². The van der Waals surface area contributed by atoms with Crippen LogP contribution in [0.2, 0.25) is 0 Å². The zero-order chi connectivity index (χ0) is 9.50. The summed E-state index contributed by atoms with van der Waals surface area (Å²) in [6.07, 6.45) is 0. The molecule has 0 radical (unpaired) electrons. The highest BCUT2D eigenvalue weighted by atomic mass is 35.9. The molecule has 0 aromatic carbocycles. The zero-order valence-electron chi connectivity index (χ0n) is 5.72. The molecule has 0 heterocycles. The first kappa shape index (κ1) is 7.80. The Labute approximate surface area is 86.4 Å². The lowest BCUT2D eigenvalue weighted by Crippen LogP contribution is -1.94. The Balaban J connectivity index is 4.75. The van der Waals surface area contributed by atoms with Gasteiger partial charge in [-0.25, -0.2) is 0 Å². The summed E-state index contributed by atoms with van der Waals surface area (Å²) < 4.78 is 9.57. The molecule has 0 spiro atoms. The maximum atomic E-state index is 7.02. The molecule has 0 aliphatic carbocycles. The molecule has 0 aromatic rings. The molecule has 0 bridgehead atoms. The Kier molecular flexibility index (Phi) is 3.69. The lowest BCUT2D eigenvalue weighted by Gasteiger charge is -2.09. The fourth-order valence-electron chi connectivity index (χ4n) is 0.0639. The highest BCUT2D eigenvalue weighted by Gasteiger charge is 2.49. The van der Waals surface area contributed by atoms with Gasteiger partial charge < -0.3 is 0 Å². The molecule has 7 heteroatoms. The third kappa shape index (κ3) is 3.38. The van der Waals surface area contributed by atoms with Crippen molar-refractivity contribution >= 4 is 74.9 Å². The number of hydrogen-bond acceptors (Lipinski definition) is 0. The van der Waals surface area contributed by atoms with Gasteiger partial charge in [-0.15, -0.1) is 0 Å². The van der Waals surface area contributed by atoms with E-state index in [1.165, 1.54) is 0 Å². The first-order valence-corrected chi connectivity index (χ1v) is 6.65. The van der Waals surface area contributed by atoms with E-state index in [2.05, 4.69) is 0 Å². The van der Waals surface area contributed by atoms with Gasteiger partial charge in [-0.3, -0.25) is 0 Å². The van der Waals surface area contributed by atoms with Crippen molar-refractivity contribution in [2.24, 2.45) is 0 Å². The molecule has 0 amide bonds. The zero-order valence-corrected chi connectivity index (χ0v) is 9.15. The van der Waals surface area contributed by atoms with Crippen LogP contribution in [0.1, 0.15) is 2.74 Å². The molecule has 0 nitrogen and oxygen atoms in total. The molecule has 0 aliphatic heterocycles. The van der Waals surface area contributed by atoms with Crippen LogP contribution in [-0.4, -0.2) is 9.11 Å². The Bertz CT molecular complexity index is 130. The number of rotatable bonds is 2. The van der Waals surface area contributed by atoms with Crippen LogP contribution in [0.5, 0.6) is 0 Å². The van der Waals surface area contributed by atoms with Gasteiger partial charge in [0.2, 0.25) is 9.11 Å². The van der Waals surface area contributed by atoms with Crippen LogP contribution in [0.4, 0.5) is 0 Å². The van der Waals surface area contributed by atoms with Gasteiger partial charge in [0.25, 0.3) is 5.97 Å². The van der Waals surface area contributed by atoms with Crippen molar-refractivity contribution in [3.8, 4) is 0 Å². The lowest BCUT2D eigenvalue weighted by molar-refractivity contribution is 1.81. The Morgan fingerprint density at radius 1 is 1.00 bits per heavy atom. The van der Waals surface area contributed by atoms with Gasteiger partial charge in [0, 0.05) is 0 Å².